The van der Waals surface area contributed by atoms with Crippen LogP contribution in [0, 0.1) is 5.92 Å². The second kappa shape index (κ2) is 7.81. The van der Waals surface area contributed by atoms with Crippen LogP contribution in [0.5, 0.6) is 0 Å². The van der Waals surface area contributed by atoms with Gasteiger partial charge in [0, 0.05) is 6.54 Å². The maximum atomic E-state index is 5.69. The van der Waals surface area contributed by atoms with Crippen LogP contribution in [-0.2, 0) is 6.54 Å². The van der Waals surface area contributed by atoms with E-state index in [1.54, 1.807) is 0 Å². The third kappa shape index (κ3) is 4.88. The summed E-state index contributed by atoms with van der Waals surface area (Å²) in [7, 11) is 0. The molecular formula is C14H22Br2N2O. The zero-order chi connectivity index (χ0) is 13.7. The van der Waals surface area contributed by atoms with Crippen molar-refractivity contribution in [2.24, 2.45) is 5.92 Å². The Bertz CT molecular complexity index is 369. The second-order valence-electron chi connectivity index (χ2n) is 5.28. The van der Waals surface area contributed by atoms with E-state index in [9.17, 15) is 0 Å². The molecule has 0 amide bonds. The number of piperidine rings is 1. The Balaban J connectivity index is 1.91. The Morgan fingerprint density at radius 2 is 2.32 bits per heavy atom. The van der Waals surface area contributed by atoms with Crippen LogP contribution < -0.4 is 5.32 Å². The minimum Gasteiger partial charge on any atom is -0.452 e. The number of halogens is 2. The smallest absolute Gasteiger partial charge is 0.183 e. The van der Waals surface area contributed by atoms with Crippen LogP contribution in [0.25, 0.3) is 0 Å². The summed E-state index contributed by atoms with van der Waals surface area (Å²) < 4.78 is 7.48. The van der Waals surface area contributed by atoms with Crippen molar-refractivity contribution in [2.75, 3.05) is 26.2 Å². The van der Waals surface area contributed by atoms with Crippen molar-refractivity contribution < 1.29 is 4.42 Å². The standard InChI is InChI=1S/C14H22Br2N2O/c1-2-6-18(9-11-4-3-5-17-8-11)10-12-7-13(15)14(16)19-12/h7,11,17H,2-6,8-10H2,1H3. The molecule has 2 rings (SSSR count). The molecule has 0 bridgehead atoms. The van der Waals surface area contributed by atoms with Crippen molar-refractivity contribution in [3.63, 3.8) is 0 Å². The molecule has 0 saturated carbocycles. The fourth-order valence-corrected chi connectivity index (χ4v) is 3.34. The molecule has 5 heteroatoms. The number of hydrogen-bond acceptors (Lipinski definition) is 3. The molecule has 1 atom stereocenters. The minimum atomic E-state index is 0.780. The van der Waals surface area contributed by atoms with Gasteiger partial charge in [-0.2, -0.15) is 0 Å². The molecule has 1 N–H and O–H groups in total. The minimum absolute atomic E-state index is 0.780. The van der Waals surface area contributed by atoms with Crippen molar-refractivity contribution in [1.29, 1.82) is 0 Å². The fourth-order valence-electron chi connectivity index (χ4n) is 2.69. The number of nitrogens with one attached hydrogen (secondary N) is 1. The third-order valence-corrected chi connectivity index (χ3v) is 5.24. The van der Waals surface area contributed by atoms with Crippen molar-refractivity contribution >= 4 is 31.9 Å². The van der Waals surface area contributed by atoms with E-state index < -0.39 is 0 Å². The molecule has 108 valence electrons. The van der Waals surface area contributed by atoms with E-state index >= 15 is 0 Å². The van der Waals surface area contributed by atoms with Crippen molar-refractivity contribution in [1.82, 2.24) is 10.2 Å². The number of nitrogens with zero attached hydrogens (tertiary/aromatic N) is 1. The monoisotopic (exact) mass is 392 g/mol. The average Bonchev–Trinajstić information content (AvgIpc) is 2.70. The van der Waals surface area contributed by atoms with Gasteiger partial charge >= 0.3 is 0 Å². The van der Waals surface area contributed by atoms with E-state index in [1.165, 1.54) is 25.8 Å². The first-order valence-electron chi connectivity index (χ1n) is 7.05. The van der Waals surface area contributed by atoms with E-state index in [2.05, 4.69) is 55.1 Å². The molecule has 1 aliphatic heterocycles. The van der Waals surface area contributed by atoms with Gasteiger partial charge in [0.1, 0.15) is 5.76 Å². The molecule has 1 fully saturated rings. The summed E-state index contributed by atoms with van der Waals surface area (Å²) in [5.41, 5.74) is 0. The van der Waals surface area contributed by atoms with Crippen LogP contribution >= 0.6 is 31.9 Å². The highest BCUT2D eigenvalue weighted by atomic mass is 79.9. The lowest BCUT2D eigenvalue weighted by Crippen LogP contribution is -2.38. The normalized spacial score (nSPS) is 20.1. The number of rotatable bonds is 6. The molecule has 3 nitrogen and oxygen atoms in total. The molecule has 0 aromatic carbocycles. The zero-order valence-electron chi connectivity index (χ0n) is 11.4. The Kier molecular flexibility index (Phi) is 6.39. The first-order valence-corrected chi connectivity index (χ1v) is 8.64. The van der Waals surface area contributed by atoms with Gasteiger partial charge in [0.05, 0.1) is 11.0 Å². The van der Waals surface area contributed by atoms with Gasteiger partial charge in [0.15, 0.2) is 4.67 Å². The SMILES string of the molecule is CCCN(Cc1cc(Br)c(Br)o1)CC1CCCNC1. The number of hydrogen-bond donors (Lipinski definition) is 1. The Labute approximate surface area is 132 Å². The lowest BCUT2D eigenvalue weighted by atomic mass is 9.99. The predicted octanol–water partition coefficient (Wildman–Crippen LogP) is 4.02. The maximum Gasteiger partial charge on any atom is 0.183 e. The molecule has 19 heavy (non-hydrogen) atoms. The summed E-state index contributed by atoms with van der Waals surface area (Å²) in [4.78, 5) is 2.51. The first-order chi connectivity index (χ1) is 9.19. The fraction of sp³-hybridized carbons (Fsp3) is 0.714. The van der Waals surface area contributed by atoms with Gasteiger partial charge in [0.2, 0.25) is 0 Å². The van der Waals surface area contributed by atoms with Gasteiger partial charge in [-0.05, 0) is 82.7 Å². The third-order valence-electron chi connectivity index (χ3n) is 3.53. The van der Waals surface area contributed by atoms with Crippen molar-refractivity contribution in [3.05, 3.63) is 21.0 Å². The van der Waals surface area contributed by atoms with E-state index in [1.807, 2.05) is 0 Å². The van der Waals surface area contributed by atoms with Crippen molar-refractivity contribution in [2.45, 2.75) is 32.7 Å². The molecule has 1 saturated heterocycles. The van der Waals surface area contributed by atoms with E-state index in [-0.39, 0.29) is 0 Å². The van der Waals surface area contributed by atoms with Gasteiger partial charge in [-0.25, -0.2) is 0 Å². The van der Waals surface area contributed by atoms with Gasteiger partial charge in [-0.3, -0.25) is 4.90 Å². The van der Waals surface area contributed by atoms with E-state index in [4.69, 9.17) is 4.42 Å². The molecular weight excluding hydrogens is 372 g/mol. The zero-order valence-corrected chi connectivity index (χ0v) is 14.6. The highest BCUT2D eigenvalue weighted by Crippen LogP contribution is 2.27. The summed E-state index contributed by atoms with van der Waals surface area (Å²) in [6, 6.07) is 2.06. The largest absolute Gasteiger partial charge is 0.452 e. The van der Waals surface area contributed by atoms with Gasteiger partial charge in [0.25, 0.3) is 0 Å². The van der Waals surface area contributed by atoms with Crippen LogP contribution in [0.4, 0.5) is 0 Å². The van der Waals surface area contributed by atoms with Crippen LogP contribution in [0.15, 0.2) is 19.6 Å². The highest BCUT2D eigenvalue weighted by Gasteiger charge is 2.18. The maximum absolute atomic E-state index is 5.69. The molecule has 0 radical (unpaired) electrons. The summed E-state index contributed by atoms with van der Waals surface area (Å²) in [6.45, 7) is 7.77. The van der Waals surface area contributed by atoms with Crippen LogP contribution in [-0.4, -0.2) is 31.1 Å². The van der Waals surface area contributed by atoms with Crippen molar-refractivity contribution in [3.8, 4) is 0 Å². The highest BCUT2D eigenvalue weighted by molar-refractivity contribution is 9.13. The second-order valence-corrected chi connectivity index (χ2v) is 6.86. The van der Waals surface area contributed by atoms with Gasteiger partial charge in [-0.1, -0.05) is 6.92 Å². The van der Waals surface area contributed by atoms with Gasteiger partial charge in [-0.15, -0.1) is 0 Å². The predicted molar refractivity (Wildman–Crippen MR) is 85.3 cm³/mol. The summed E-state index contributed by atoms with van der Waals surface area (Å²) in [6.07, 6.45) is 3.84. The summed E-state index contributed by atoms with van der Waals surface area (Å²) in [5.74, 6) is 1.80. The lowest BCUT2D eigenvalue weighted by molar-refractivity contribution is 0.188. The summed E-state index contributed by atoms with van der Waals surface area (Å²) >= 11 is 6.88. The van der Waals surface area contributed by atoms with Crippen LogP contribution in [0.3, 0.4) is 0 Å². The van der Waals surface area contributed by atoms with Crippen LogP contribution in [0.2, 0.25) is 0 Å². The molecule has 1 unspecified atom stereocenters. The van der Waals surface area contributed by atoms with E-state index in [0.29, 0.717) is 0 Å². The molecule has 0 spiro atoms. The Morgan fingerprint density at radius 1 is 1.47 bits per heavy atom. The van der Waals surface area contributed by atoms with E-state index in [0.717, 1.165) is 47.0 Å². The first kappa shape index (κ1) is 15.5. The van der Waals surface area contributed by atoms with Crippen LogP contribution in [0.1, 0.15) is 31.9 Å². The quantitative estimate of drug-likeness (QED) is 0.791. The Morgan fingerprint density at radius 3 is 2.89 bits per heavy atom. The average molecular weight is 394 g/mol. The topological polar surface area (TPSA) is 28.4 Å². The molecule has 1 aromatic heterocycles. The molecule has 1 aromatic rings. The summed E-state index contributed by atoms with van der Waals surface area (Å²) in [5, 5.41) is 3.49. The Hall–Kier alpha value is 0.160. The molecule has 2 heterocycles. The van der Waals surface area contributed by atoms with Gasteiger partial charge < -0.3 is 9.73 Å². The number of furan rings is 1. The molecule has 0 aliphatic carbocycles. The molecule has 1 aliphatic rings. The lowest BCUT2D eigenvalue weighted by Gasteiger charge is -2.29.